The third-order valence-electron chi connectivity index (χ3n) is 2.75. The highest BCUT2D eigenvalue weighted by molar-refractivity contribution is 6.30. The Morgan fingerprint density at radius 3 is 2.60 bits per heavy atom. The molecule has 2 aromatic carbocycles. The molecule has 0 spiro atoms. The number of ketones is 1. The topological polar surface area (TPSA) is 35.5 Å². The van der Waals surface area contributed by atoms with E-state index in [-0.39, 0.29) is 12.4 Å². The summed E-state index contributed by atoms with van der Waals surface area (Å²) in [5.41, 5.74) is 1.59. The van der Waals surface area contributed by atoms with Gasteiger partial charge >= 0.3 is 0 Å². The van der Waals surface area contributed by atoms with Gasteiger partial charge in [0.2, 0.25) is 0 Å². The molecule has 0 heterocycles. The molecule has 0 aliphatic rings. The Kier molecular flexibility index (Phi) is 5.16. The Hall–Kier alpha value is -1.84. The minimum absolute atomic E-state index is 0.00192. The summed E-state index contributed by atoms with van der Waals surface area (Å²) in [6.07, 6.45) is 0. The molecule has 0 radical (unpaired) electrons. The summed E-state index contributed by atoms with van der Waals surface area (Å²) in [4.78, 5) is 11.9. The molecule has 0 atom stereocenters. The molecule has 3 nitrogen and oxygen atoms in total. The van der Waals surface area contributed by atoms with Crippen molar-refractivity contribution in [2.45, 2.75) is 6.61 Å². The number of ether oxygens (including phenoxy) is 2. The summed E-state index contributed by atoms with van der Waals surface area (Å²) in [7, 11) is 1.64. The van der Waals surface area contributed by atoms with Gasteiger partial charge in [-0.15, -0.1) is 0 Å². The second-order valence-electron chi connectivity index (χ2n) is 4.30. The van der Waals surface area contributed by atoms with Crippen LogP contribution in [0.25, 0.3) is 0 Å². The van der Waals surface area contributed by atoms with E-state index >= 15 is 0 Å². The zero-order chi connectivity index (χ0) is 14.4. The fraction of sp³-hybridized carbons (Fsp3) is 0.188. The zero-order valence-electron chi connectivity index (χ0n) is 11.1. The lowest BCUT2D eigenvalue weighted by Gasteiger charge is -2.07. The van der Waals surface area contributed by atoms with Gasteiger partial charge in [-0.3, -0.25) is 4.79 Å². The SMILES string of the molecule is COCc1cccc(OCC(=O)c2ccc(Cl)cc2)c1. The number of hydrogen-bond donors (Lipinski definition) is 0. The van der Waals surface area contributed by atoms with Crippen LogP contribution >= 0.6 is 11.6 Å². The number of rotatable bonds is 6. The molecule has 0 unspecified atom stereocenters. The molecule has 0 N–H and O–H groups in total. The molecule has 104 valence electrons. The fourth-order valence-electron chi connectivity index (χ4n) is 1.76. The van der Waals surface area contributed by atoms with E-state index in [0.29, 0.717) is 22.9 Å². The lowest BCUT2D eigenvalue weighted by atomic mass is 10.1. The quantitative estimate of drug-likeness (QED) is 0.760. The number of carbonyl (C=O) groups is 1. The van der Waals surface area contributed by atoms with E-state index in [1.165, 1.54) is 0 Å². The first-order valence-corrected chi connectivity index (χ1v) is 6.56. The largest absolute Gasteiger partial charge is 0.485 e. The molecule has 0 amide bonds. The number of hydrogen-bond acceptors (Lipinski definition) is 3. The second kappa shape index (κ2) is 7.08. The number of Topliss-reactive ketones (excluding diaryl/α,β-unsaturated/α-hetero) is 1. The Morgan fingerprint density at radius 2 is 1.90 bits per heavy atom. The third kappa shape index (κ3) is 4.08. The number of halogens is 1. The van der Waals surface area contributed by atoms with Crippen molar-refractivity contribution in [3.05, 3.63) is 64.7 Å². The average molecular weight is 291 g/mol. The van der Waals surface area contributed by atoms with E-state index in [2.05, 4.69) is 0 Å². The third-order valence-corrected chi connectivity index (χ3v) is 3.00. The number of benzene rings is 2. The zero-order valence-corrected chi connectivity index (χ0v) is 11.9. The molecule has 0 aromatic heterocycles. The average Bonchev–Trinajstić information content (AvgIpc) is 2.46. The van der Waals surface area contributed by atoms with Crippen LogP contribution in [0.1, 0.15) is 15.9 Å². The predicted molar refractivity (Wildman–Crippen MR) is 78.4 cm³/mol. The molecular formula is C16H15ClO3. The highest BCUT2D eigenvalue weighted by Crippen LogP contribution is 2.15. The summed E-state index contributed by atoms with van der Waals surface area (Å²) >= 11 is 5.78. The van der Waals surface area contributed by atoms with Crippen molar-refractivity contribution in [1.29, 1.82) is 0 Å². The molecule has 2 aromatic rings. The van der Waals surface area contributed by atoms with Crippen molar-refractivity contribution in [1.82, 2.24) is 0 Å². The second-order valence-corrected chi connectivity index (χ2v) is 4.74. The van der Waals surface area contributed by atoms with E-state index in [1.807, 2.05) is 24.3 Å². The standard InChI is InChI=1S/C16H15ClO3/c1-19-10-12-3-2-4-15(9-12)20-11-16(18)13-5-7-14(17)8-6-13/h2-9H,10-11H2,1H3. The van der Waals surface area contributed by atoms with Gasteiger partial charge < -0.3 is 9.47 Å². The molecular weight excluding hydrogens is 276 g/mol. The molecule has 0 fully saturated rings. The van der Waals surface area contributed by atoms with Crippen LogP contribution in [-0.2, 0) is 11.3 Å². The van der Waals surface area contributed by atoms with Crippen LogP contribution in [0.5, 0.6) is 5.75 Å². The van der Waals surface area contributed by atoms with Crippen LogP contribution in [0.2, 0.25) is 5.02 Å². The van der Waals surface area contributed by atoms with Crippen LogP contribution in [0.4, 0.5) is 0 Å². The van der Waals surface area contributed by atoms with E-state index in [0.717, 1.165) is 5.56 Å². The summed E-state index contributed by atoms with van der Waals surface area (Å²) < 4.78 is 10.6. The summed E-state index contributed by atoms with van der Waals surface area (Å²) in [6, 6.07) is 14.2. The van der Waals surface area contributed by atoms with Crippen LogP contribution in [0.15, 0.2) is 48.5 Å². The molecule has 0 aliphatic heterocycles. The van der Waals surface area contributed by atoms with Gasteiger partial charge in [-0.05, 0) is 42.0 Å². The summed E-state index contributed by atoms with van der Waals surface area (Å²) in [6.45, 7) is 0.514. The van der Waals surface area contributed by atoms with Crippen LogP contribution < -0.4 is 4.74 Å². The van der Waals surface area contributed by atoms with E-state index < -0.39 is 0 Å². The number of methoxy groups -OCH3 is 1. The fourth-order valence-corrected chi connectivity index (χ4v) is 1.89. The van der Waals surface area contributed by atoms with E-state index in [9.17, 15) is 4.79 Å². The van der Waals surface area contributed by atoms with Gasteiger partial charge in [0.15, 0.2) is 12.4 Å². The molecule has 20 heavy (non-hydrogen) atoms. The highest BCUT2D eigenvalue weighted by atomic mass is 35.5. The maximum Gasteiger partial charge on any atom is 0.200 e. The molecule has 0 saturated carbocycles. The maximum absolute atomic E-state index is 11.9. The van der Waals surface area contributed by atoms with Gasteiger partial charge in [-0.2, -0.15) is 0 Å². The van der Waals surface area contributed by atoms with Crippen molar-refractivity contribution >= 4 is 17.4 Å². The van der Waals surface area contributed by atoms with Gasteiger partial charge in [0, 0.05) is 17.7 Å². The van der Waals surface area contributed by atoms with Gasteiger partial charge in [0.05, 0.1) is 6.61 Å². The van der Waals surface area contributed by atoms with Crippen molar-refractivity contribution in [2.75, 3.05) is 13.7 Å². The van der Waals surface area contributed by atoms with Crippen LogP contribution in [0, 0.1) is 0 Å². The Morgan fingerprint density at radius 1 is 1.15 bits per heavy atom. The highest BCUT2D eigenvalue weighted by Gasteiger charge is 2.07. The van der Waals surface area contributed by atoms with Crippen molar-refractivity contribution in [3.63, 3.8) is 0 Å². The monoisotopic (exact) mass is 290 g/mol. The van der Waals surface area contributed by atoms with Crippen LogP contribution in [0.3, 0.4) is 0 Å². The van der Waals surface area contributed by atoms with Gasteiger partial charge in [0.1, 0.15) is 5.75 Å². The summed E-state index contributed by atoms with van der Waals surface area (Å²) in [5.74, 6) is 0.570. The van der Waals surface area contributed by atoms with Gasteiger partial charge in [-0.1, -0.05) is 23.7 Å². The maximum atomic E-state index is 11.9. The van der Waals surface area contributed by atoms with Gasteiger partial charge in [-0.25, -0.2) is 0 Å². The minimum atomic E-state index is -0.0844. The van der Waals surface area contributed by atoms with Crippen molar-refractivity contribution in [3.8, 4) is 5.75 Å². The first kappa shape index (κ1) is 14.6. The van der Waals surface area contributed by atoms with E-state index in [1.54, 1.807) is 31.4 Å². The Balaban J connectivity index is 1.96. The van der Waals surface area contributed by atoms with Gasteiger partial charge in [0.25, 0.3) is 0 Å². The summed E-state index contributed by atoms with van der Waals surface area (Å²) in [5, 5.41) is 0.606. The van der Waals surface area contributed by atoms with E-state index in [4.69, 9.17) is 21.1 Å². The normalized spacial score (nSPS) is 10.3. The predicted octanol–water partition coefficient (Wildman–Crippen LogP) is 3.75. The Labute approximate surface area is 123 Å². The first-order valence-electron chi connectivity index (χ1n) is 6.18. The van der Waals surface area contributed by atoms with Crippen molar-refractivity contribution < 1.29 is 14.3 Å². The molecule has 0 saturated heterocycles. The van der Waals surface area contributed by atoms with Crippen molar-refractivity contribution in [2.24, 2.45) is 0 Å². The molecule has 2 rings (SSSR count). The number of carbonyl (C=O) groups excluding carboxylic acids is 1. The smallest absolute Gasteiger partial charge is 0.200 e. The molecule has 4 heteroatoms. The molecule has 0 bridgehead atoms. The first-order chi connectivity index (χ1) is 9.69. The minimum Gasteiger partial charge on any atom is -0.485 e. The lowest BCUT2D eigenvalue weighted by molar-refractivity contribution is 0.0921. The molecule has 0 aliphatic carbocycles. The lowest BCUT2D eigenvalue weighted by Crippen LogP contribution is -2.11. The Bertz CT molecular complexity index is 579. The van der Waals surface area contributed by atoms with Crippen LogP contribution in [-0.4, -0.2) is 19.5 Å².